The smallest absolute Gasteiger partial charge is 0.220 e. The zero-order valence-electron chi connectivity index (χ0n) is 11.0. The number of thiazole rings is 1. The van der Waals surface area contributed by atoms with Crippen LogP contribution in [0, 0.1) is 5.92 Å². The van der Waals surface area contributed by atoms with E-state index < -0.39 is 0 Å². The van der Waals surface area contributed by atoms with Gasteiger partial charge in [-0.1, -0.05) is 6.42 Å². The highest BCUT2D eigenvalue weighted by molar-refractivity contribution is 7.15. The fourth-order valence-electron chi connectivity index (χ4n) is 3.24. The zero-order chi connectivity index (χ0) is 13.2. The average molecular weight is 280 g/mol. The van der Waals surface area contributed by atoms with Crippen molar-refractivity contribution in [2.24, 2.45) is 5.92 Å². The van der Waals surface area contributed by atoms with Crippen LogP contribution >= 0.6 is 11.3 Å². The Kier molecular flexibility index (Phi) is 3.70. The van der Waals surface area contributed by atoms with E-state index in [-0.39, 0.29) is 5.91 Å². The summed E-state index contributed by atoms with van der Waals surface area (Å²) in [6, 6.07) is 0.524. The summed E-state index contributed by atoms with van der Waals surface area (Å²) in [5.74, 6) is 0.677. The SMILES string of the molecule is Nc1ncc(CN2CCCCC2C2CNC(=O)C2)s1. The first kappa shape index (κ1) is 12.9. The van der Waals surface area contributed by atoms with Crippen LogP contribution in [0.1, 0.15) is 30.6 Å². The van der Waals surface area contributed by atoms with Gasteiger partial charge in [0, 0.05) is 42.5 Å². The predicted molar refractivity (Wildman–Crippen MR) is 75.7 cm³/mol. The van der Waals surface area contributed by atoms with E-state index >= 15 is 0 Å². The maximum atomic E-state index is 11.4. The summed E-state index contributed by atoms with van der Waals surface area (Å²) in [6.45, 7) is 2.88. The predicted octanol–water partition coefficient (Wildman–Crippen LogP) is 1.22. The van der Waals surface area contributed by atoms with Gasteiger partial charge in [0.25, 0.3) is 0 Å². The number of anilines is 1. The Balaban J connectivity index is 1.68. The van der Waals surface area contributed by atoms with Crippen LogP contribution < -0.4 is 11.1 Å². The maximum absolute atomic E-state index is 11.4. The molecule has 0 spiro atoms. The van der Waals surface area contributed by atoms with Gasteiger partial charge in [0.1, 0.15) is 0 Å². The lowest BCUT2D eigenvalue weighted by atomic mass is 9.89. The van der Waals surface area contributed by atoms with Crippen LogP contribution in [0.2, 0.25) is 0 Å². The molecule has 2 aliphatic heterocycles. The molecule has 5 nitrogen and oxygen atoms in total. The van der Waals surface area contributed by atoms with E-state index in [2.05, 4.69) is 15.2 Å². The number of aromatic nitrogens is 1. The van der Waals surface area contributed by atoms with Crippen LogP contribution in [-0.2, 0) is 11.3 Å². The third-order valence-electron chi connectivity index (χ3n) is 4.15. The number of piperidine rings is 1. The molecule has 3 heterocycles. The van der Waals surface area contributed by atoms with E-state index in [1.807, 2.05) is 6.20 Å². The van der Waals surface area contributed by atoms with Crippen LogP contribution in [0.5, 0.6) is 0 Å². The molecule has 3 rings (SSSR count). The monoisotopic (exact) mass is 280 g/mol. The van der Waals surface area contributed by atoms with Crippen molar-refractivity contribution in [2.45, 2.75) is 38.3 Å². The third-order valence-corrected chi connectivity index (χ3v) is 4.96. The van der Waals surface area contributed by atoms with Crippen molar-refractivity contribution in [3.63, 3.8) is 0 Å². The number of nitrogens with two attached hydrogens (primary N) is 1. The summed E-state index contributed by atoms with van der Waals surface area (Å²) in [5, 5.41) is 3.60. The van der Waals surface area contributed by atoms with Crippen LogP contribution in [0.15, 0.2) is 6.20 Å². The summed E-state index contributed by atoms with van der Waals surface area (Å²) >= 11 is 1.57. The van der Waals surface area contributed by atoms with E-state index in [0.717, 1.165) is 19.6 Å². The largest absolute Gasteiger partial charge is 0.375 e. The van der Waals surface area contributed by atoms with Crippen LogP contribution in [0.4, 0.5) is 5.13 Å². The first-order valence-electron chi connectivity index (χ1n) is 6.93. The number of nitrogen functional groups attached to an aromatic ring is 1. The first-order chi connectivity index (χ1) is 9.22. The van der Waals surface area contributed by atoms with Gasteiger partial charge in [-0.25, -0.2) is 4.98 Å². The number of amides is 1. The van der Waals surface area contributed by atoms with Gasteiger partial charge in [0.15, 0.2) is 5.13 Å². The Morgan fingerprint density at radius 1 is 1.53 bits per heavy atom. The van der Waals surface area contributed by atoms with Crippen molar-refractivity contribution < 1.29 is 4.79 Å². The van der Waals surface area contributed by atoms with Crippen molar-refractivity contribution in [1.29, 1.82) is 0 Å². The lowest BCUT2D eigenvalue weighted by molar-refractivity contribution is -0.119. The summed E-state index contributed by atoms with van der Waals surface area (Å²) in [6.07, 6.45) is 6.29. The highest BCUT2D eigenvalue weighted by Gasteiger charge is 2.34. The number of hydrogen-bond donors (Lipinski definition) is 2. The first-order valence-corrected chi connectivity index (χ1v) is 7.75. The number of nitrogens with one attached hydrogen (secondary N) is 1. The normalized spacial score (nSPS) is 28.5. The minimum atomic E-state index is 0.206. The fourth-order valence-corrected chi connectivity index (χ4v) is 3.95. The van der Waals surface area contributed by atoms with Crippen molar-refractivity contribution >= 4 is 22.4 Å². The van der Waals surface area contributed by atoms with Gasteiger partial charge >= 0.3 is 0 Å². The highest BCUT2D eigenvalue weighted by atomic mass is 32.1. The van der Waals surface area contributed by atoms with E-state index in [1.165, 1.54) is 24.1 Å². The number of hydrogen-bond acceptors (Lipinski definition) is 5. The molecule has 19 heavy (non-hydrogen) atoms. The van der Waals surface area contributed by atoms with E-state index in [0.29, 0.717) is 23.5 Å². The molecule has 2 unspecified atom stereocenters. The fraction of sp³-hybridized carbons (Fsp3) is 0.692. The number of rotatable bonds is 3. The molecule has 0 bridgehead atoms. The van der Waals surface area contributed by atoms with Gasteiger partial charge in [-0.05, 0) is 19.4 Å². The second-order valence-electron chi connectivity index (χ2n) is 5.47. The Labute approximate surface area is 117 Å². The molecule has 0 aromatic carbocycles. The minimum Gasteiger partial charge on any atom is -0.375 e. The summed E-state index contributed by atoms with van der Waals surface area (Å²) in [4.78, 5) is 19.3. The van der Waals surface area contributed by atoms with Gasteiger partial charge in [-0.3, -0.25) is 9.69 Å². The highest BCUT2D eigenvalue weighted by Crippen LogP contribution is 2.29. The van der Waals surface area contributed by atoms with Gasteiger partial charge in [-0.2, -0.15) is 0 Å². The van der Waals surface area contributed by atoms with E-state index in [1.54, 1.807) is 11.3 Å². The second kappa shape index (κ2) is 5.46. The quantitative estimate of drug-likeness (QED) is 0.873. The van der Waals surface area contributed by atoms with Gasteiger partial charge in [0.2, 0.25) is 5.91 Å². The maximum Gasteiger partial charge on any atom is 0.220 e. The Morgan fingerprint density at radius 3 is 3.11 bits per heavy atom. The molecule has 0 radical (unpaired) electrons. The number of carbonyl (C=O) groups excluding carboxylic acids is 1. The topological polar surface area (TPSA) is 71.2 Å². The molecule has 2 atom stereocenters. The molecule has 1 amide bonds. The summed E-state index contributed by atoms with van der Waals surface area (Å²) in [7, 11) is 0. The molecular formula is C13H20N4OS. The molecule has 1 aromatic heterocycles. The summed E-state index contributed by atoms with van der Waals surface area (Å²) < 4.78 is 0. The molecule has 0 aliphatic carbocycles. The molecule has 2 saturated heterocycles. The molecule has 6 heteroatoms. The zero-order valence-corrected chi connectivity index (χ0v) is 11.8. The lowest BCUT2D eigenvalue weighted by Gasteiger charge is -2.38. The number of carbonyl (C=O) groups is 1. The number of likely N-dealkylation sites (tertiary alicyclic amines) is 1. The second-order valence-corrected chi connectivity index (χ2v) is 6.61. The Morgan fingerprint density at radius 2 is 2.42 bits per heavy atom. The third kappa shape index (κ3) is 2.90. The standard InChI is InChI=1S/C13H20N4OS/c14-13-16-7-10(19-13)8-17-4-2-1-3-11(17)9-5-12(18)15-6-9/h7,9,11H,1-6,8H2,(H2,14,16)(H,15,18). The van der Waals surface area contributed by atoms with Gasteiger partial charge in [-0.15, -0.1) is 11.3 Å². The van der Waals surface area contributed by atoms with Crippen molar-refractivity contribution in [2.75, 3.05) is 18.8 Å². The van der Waals surface area contributed by atoms with E-state index in [9.17, 15) is 4.79 Å². The van der Waals surface area contributed by atoms with Crippen molar-refractivity contribution in [1.82, 2.24) is 15.2 Å². The Bertz CT molecular complexity index is 461. The van der Waals surface area contributed by atoms with E-state index in [4.69, 9.17) is 5.73 Å². The lowest BCUT2D eigenvalue weighted by Crippen LogP contribution is -2.44. The van der Waals surface area contributed by atoms with Crippen molar-refractivity contribution in [3.8, 4) is 0 Å². The van der Waals surface area contributed by atoms with Crippen LogP contribution in [0.25, 0.3) is 0 Å². The molecule has 2 aliphatic rings. The van der Waals surface area contributed by atoms with Gasteiger partial charge in [0.05, 0.1) is 0 Å². The number of nitrogens with zero attached hydrogens (tertiary/aromatic N) is 2. The molecule has 0 saturated carbocycles. The molecule has 1 aromatic rings. The van der Waals surface area contributed by atoms with Crippen LogP contribution in [0.3, 0.4) is 0 Å². The Hall–Kier alpha value is -1.14. The molecule has 2 fully saturated rings. The average Bonchev–Trinajstić information content (AvgIpc) is 2.99. The van der Waals surface area contributed by atoms with Gasteiger partial charge < -0.3 is 11.1 Å². The van der Waals surface area contributed by atoms with Crippen molar-refractivity contribution in [3.05, 3.63) is 11.1 Å². The van der Waals surface area contributed by atoms with Crippen LogP contribution in [-0.4, -0.2) is 34.9 Å². The molecule has 3 N–H and O–H groups in total. The minimum absolute atomic E-state index is 0.206. The molecule has 104 valence electrons. The molecular weight excluding hydrogens is 260 g/mol. The summed E-state index contributed by atoms with van der Waals surface area (Å²) in [5.41, 5.74) is 5.69.